The summed E-state index contributed by atoms with van der Waals surface area (Å²) < 4.78 is 64.0. The molecule has 0 saturated carbocycles. The van der Waals surface area contributed by atoms with Crippen LogP contribution in [0.1, 0.15) is 23.9 Å². The van der Waals surface area contributed by atoms with Crippen LogP contribution in [0.25, 0.3) is 0 Å². The molecule has 0 amide bonds. The summed E-state index contributed by atoms with van der Waals surface area (Å²) in [5, 5.41) is 3.35. The lowest BCUT2D eigenvalue weighted by atomic mass is 10.0. The van der Waals surface area contributed by atoms with Crippen LogP contribution in [0.2, 0.25) is 0 Å². The van der Waals surface area contributed by atoms with E-state index in [9.17, 15) is 22.1 Å². The Kier molecular flexibility index (Phi) is 3.62. The van der Waals surface area contributed by atoms with E-state index in [4.69, 9.17) is 0 Å². The number of hydrogen-bond donors (Lipinski definition) is 0. The van der Waals surface area contributed by atoms with Gasteiger partial charge < -0.3 is 4.55 Å². The van der Waals surface area contributed by atoms with Gasteiger partial charge >= 0.3 is 10.9 Å². The number of nitrogens with zero attached hydrogens (tertiary/aromatic N) is 3. The Labute approximate surface area is 120 Å². The van der Waals surface area contributed by atoms with Crippen molar-refractivity contribution in [1.82, 2.24) is 14.8 Å². The molecular formula is C12H9F4N3OS. The van der Waals surface area contributed by atoms with E-state index < -0.39 is 39.8 Å². The molecule has 0 N–H and O–H groups in total. The standard InChI is InChI=1S/C12H9F4N3OS/c13-7-3-6(4-8(14)5-7)9-1-2-10-17-12(18-19(9)10)21(20)11(15)16/h3-5,9,11H,1-2H2/t9-,21?/m0/s1. The molecular weight excluding hydrogens is 310 g/mol. The van der Waals surface area contributed by atoms with Crippen molar-refractivity contribution in [3.05, 3.63) is 41.2 Å². The number of rotatable bonds is 3. The smallest absolute Gasteiger partial charge is 0.405 e. The molecule has 112 valence electrons. The number of aromatic nitrogens is 3. The highest BCUT2D eigenvalue weighted by Crippen LogP contribution is 2.32. The molecule has 1 unspecified atom stereocenters. The molecule has 4 nitrogen and oxygen atoms in total. The van der Waals surface area contributed by atoms with Gasteiger partial charge in [0, 0.05) is 12.5 Å². The fraction of sp³-hybridized carbons (Fsp3) is 0.333. The summed E-state index contributed by atoms with van der Waals surface area (Å²) in [5.41, 5.74) is 0.338. The van der Waals surface area contributed by atoms with Crippen LogP contribution >= 0.6 is 0 Å². The van der Waals surface area contributed by atoms with Crippen LogP contribution in [0.3, 0.4) is 0 Å². The second-order valence-electron chi connectivity index (χ2n) is 4.57. The van der Waals surface area contributed by atoms with E-state index in [1.807, 2.05) is 0 Å². The van der Waals surface area contributed by atoms with E-state index in [1.54, 1.807) is 0 Å². The van der Waals surface area contributed by atoms with Crippen LogP contribution in [-0.4, -0.2) is 25.1 Å². The van der Waals surface area contributed by atoms with Crippen molar-refractivity contribution in [2.75, 3.05) is 0 Å². The van der Waals surface area contributed by atoms with Gasteiger partial charge in [-0.2, -0.15) is 13.8 Å². The van der Waals surface area contributed by atoms with E-state index in [0.29, 0.717) is 24.2 Å². The lowest BCUT2D eigenvalue weighted by molar-refractivity contribution is 0.233. The largest absolute Gasteiger partial charge is 0.604 e. The molecule has 1 aromatic heterocycles. The van der Waals surface area contributed by atoms with Gasteiger partial charge in [0.05, 0.1) is 17.2 Å². The van der Waals surface area contributed by atoms with Crippen molar-refractivity contribution in [3.63, 3.8) is 0 Å². The molecule has 1 aliphatic heterocycles. The predicted octanol–water partition coefficient (Wildman–Crippen LogP) is 2.42. The number of aryl methyl sites for hydroxylation is 1. The maximum atomic E-state index is 13.3. The van der Waals surface area contributed by atoms with E-state index >= 15 is 0 Å². The zero-order valence-corrected chi connectivity index (χ0v) is 11.3. The number of hydrogen-bond acceptors (Lipinski definition) is 3. The maximum absolute atomic E-state index is 13.3. The lowest BCUT2D eigenvalue weighted by Crippen LogP contribution is -2.15. The topological polar surface area (TPSA) is 53.8 Å². The molecule has 0 bridgehead atoms. The molecule has 0 aliphatic carbocycles. The van der Waals surface area contributed by atoms with E-state index in [0.717, 1.165) is 18.2 Å². The Hall–Kier alpha value is -1.61. The molecule has 0 radical (unpaired) electrons. The second kappa shape index (κ2) is 5.30. The van der Waals surface area contributed by atoms with Crippen LogP contribution in [0.15, 0.2) is 23.4 Å². The molecule has 1 aliphatic rings. The van der Waals surface area contributed by atoms with Crippen molar-refractivity contribution in [1.29, 1.82) is 0 Å². The zero-order chi connectivity index (χ0) is 15.1. The average molecular weight is 319 g/mol. The molecule has 9 heteroatoms. The van der Waals surface area contributed by atoms with Crippen LogP contribution < -0.4 is 0 Å². The Bertz CT molecular complexity index is 658. The molecule has 0 spiro atoms. The van der Waals surface area contributed by atoms with Gasteiger partial charge in [0.2, 0.25) is 0 Å². The third-order valence-corrected chi connectivity index (χ3v) is 4.09. The quantitative estimate of drug-likeness (QED) is 0.645. The Morgan fingerprint density at radius 3 is 2.52 bits per heavy atom. The highest BCUT2D eigenvalue weighted by atomic mass is 32.2. The summed E-state index contributed by atoms with van der Waals surface area (Å²) in [7, 11) is 0. The molecule has 2 heterocycles. The van der Waals surface area contributed by atoms with Gasteiger partial charge in [0.15, 0.2) is 0 Å². The minimum absolute atomic E-state index is 0.338. The SMILES string of the molecule is [O-][S+](c1nc2n(n1)[C@H](c1cc(F)cc(F)c1)CC2)C(F)F. The Balaban J connectivity index is 1.96. The van der Waals surface area contributed by atoms with Gasteiger partial charge in [-0.15, -0.1) is 5.10 Å². The number of alkyl halides is 2. The van der Waals surface area contributed by atoms with Crippen molar-refractivity contribution in [2.24, 2.45) is 0 Å². The van der Waals surface area contributed by atoms with Crippen LogP contribution in [-0.2, 0) is 17.6 Å². The first-order valence-electron chi connectivity index (χ1n) is 6.06. The predicted molar refractivity (Wildman–Crippen MR) is 65.3 cm³/mol. The summed E-state index contributed by atoms with van der Waals surface area (Å²) in [4.78, 5) is 3.82. The first-order chi connectivity index (χ1) is 9.95. The van der Waals surface area contributed by atoms with Crippen molar-refractivity contribution in [3.8, 4) is 0 Å². The molecule has 2 aromatic rings. The highest BCUT2D eigenvalue weighted by molar-refractivity contribution is 7.91. The Morgan fingerprint density at radius 1 is 1.24 bits per heavy atom. The van der Waals surface area contributed by atoms with E-state index in [1.165, 1.54) is 4.68 Å². The van der Waals surface area contributed by atoms with Gasteiger partial charge in [-0.1, -0.05) is 0 Å². The third-order valence-electron chi connectivity index (χ3n) is 3.23. The zero-order valence-electron chi connectivity index (χ0n) is 10.5. The average Bonchev–Trinajstić information content (AvgIpc) is 2.95. The van der Waals surface area contributed by atoms with E-state index in [-0.39, 0.29) is 0 Å². The fourth-order valence-corrected chi connectivity index (χ4v) is 2.91. The first-order valence-corrected chi connectivity index (χ1v) is 7.27. The van der Waals surface area contributed by atoms with Gasteiger partial charge in [-0.25, -0.2) is 13.5 Å². The first kappa shape index (κ1) is 14.3. The van der Waals surface area contributed by atoms with Gasteiger partial charge in [0.1, 0.15) is 17.5 Å². The van der Waals surface area contributed by atoms with Gasteiger partial charge in [0.25, 0.3) is 0 Å². The van der Waals surface area contributed by atoms with Crippen molar-refractivity contribution >= 4 is 11.2 Å². The minimum atomic E-state index is -3.07. The molecule has 2 atom stereocenters. The molecule has 0 saturated heterocycles. The van der Waals surface area contributed by atoms with Gasteiger partial charge in [-0.3, -0.25) is 0 Å². The number of fused-ring (bicyclic) bond motifs is 1. The monoisotopic (exact) mass is 319 g/mol. The molecule has 0 fully saturated rings. The number of benzene rings is 1. The summed E-state index contributed by atoms with van der Waals surface area (Å²) in [6.45, 7) is 0. The highest BCUT2D eigenvalue weighted by Gasteiger charge is 2.34. The second-order valence-corrected chi connectivity index (χ2v) is 5.89. The number of halogens is 4. The third kappa shape index (κ3) is 2.62. The van der Waals surface area contributed by atoms with Crippen LogP contribution in [0.4, 0.5) is 17.6 Å². The van der Waals surface area contributed by atoms with Crippen LogP contribution in [0.5, 0.6) is 0 Å². The normalized spacial score (nSPS) is 19.0. The summed E-state index contributed by atoms with van der Waals surface area (Å²) in [5.74, 6) is -4.14. The van der Waals surface area contributed by atoms with Crippen molar-refractivity contribution < 1.29 is 22.1 Å². The van der Waals surface area contributed by atoms with Crippen molar-refractivity contribution in [2.45, 2.75) is 29.8 Å². The van der Waals surface area contributed by atoms with E-state index in [2.05, 4.69) is 10.1 Å². The van der Waals surface area contributed by atoms with Crippen LogP contribution in [0, 0.1) is 11.6 Å². The molecule has 21 heavy (non-hydrogen) atoms. The molecule has 1 aromatic carbocycles. The Morgan fingerprint density at radius 2 is 1.90 bits per heavy atom. The lowest BCUT2D eigenvalue weighted by Gasteiger charge is -2.12. The maximum Gasteiger partial charge on any atom is 0.405 e. The summed E-state index contributed by atoms with van der Waals surface area (Å²) in [6.07, 6.45) is 0.913. The minimum Gasteiger partial charge on any atom is -0.604 e. The summed E-state index contributed by atoms with van der Waals surface area (Å²) in [6, 6.07) is 2.57. The molecule has 3 rings (SSSR count). The summed E-state index contributed by atoms with van der Waals surface area (Å²) >= 11 is -2.60. The van der Waals surface area contributed by atoms with Gasteiger partial charge in [-0.05, 0) is 24.1 Å². The fourth-order valence-electron chi connectivity index (χ4n) is 2.38.